The lowest BCUT2D eigenvalue weighted by molar-refractivity contribution is -0.138. The van der Waals surface area contributed by atoms with E-state index >= 15 is 0 Å². The van der Waals surface area contributed by atoms with E-state index in [4.69, 9.17) is 9.47 Å². The van der Waals surface area contributed by atoms with Gasteiger partial charge in [0.1, 0.15) is 0 Å². The van der Waals surface area contributed by atoms with Gasteiger partial charge in [-0.2, -0.15) is 0 Å². The molecule has 0 saturated carbocycles. The van der Waals surface area contributed by atoms with Crippen molar-refractivity contribution in [1.82, 2.24) is 4.90 Å². The van der Waals surface area contributed by atoms with Crippen molar-refractivity contribution in [2.45, 2.75) is 46.6 Å². The van der Waals surface area contributed by atoms with Crippen molar-refractivity contribution < 1.29 is 24.2 Å². The second-order valence-electron chi connectivity index (χ2n) is 7.60. The zero-order chi connectivity index (χ0) is 22.5. The van der Waals surface area contributed by atoms with E-state index in [-0.39, 0.29) is 12.5 Å². The van der Waals surface area contributed by atoms with Gasteiger partial charge in [0.05, 0.1) is 25.7 Å². The average molecular weight is 427 g/mol. The van der Waals surface area contributed by atoms with E-state index in [9.17, 15) is 14.7 Å². The van der Waals surface area contributed by atoms with Crippen molar-refractivity contribution in [3.05, 3.63) is 52.6 Å². The molecular weight excluding hydrogens is 396 g/mol. The zero-order valence-electron chi connectivity index (χ0n) is 18.5. The molecule has 1 aliphatic heterocycles. The van der Waals surface area contributed by atoms with Crippen molar-refractivity contribution in [3.63, 3.8) is 0 Å². The summed E-state index contributed by atoms with van der Waals surface area (Å²) in [4.78, 5) is 26.5. The van der Waals surface area contributed by atoms with E-state index in [0.29, 0.717) is 37.7 Å². The van der Waals surface area contributed by atoms with E-state index in [1.807, 2.05) is 58.0 Å². The van der Waals surface area contributed by atoms with Crippen LogP contribution in [0.1, 0.15) is 48.6 Å². The van der Waals surface area contributed by atoms with E-state index in [1.165, 1.54) is 0 Å². The summed E-state index contributed by atoms with van der Waals surface area (Å²) in [5, 5.41) is 12.5. The number of carbonyl (C=O) groups excluding carboxylic acids is 1. The van der Waals surface area contributed by atoms with Crippen molar-refractivity contribution in [3.8, 4) is 11.5 Å². The fourth-order valence-corrected chi connectivity index (χ4v) is 3.95. The molecule has 2 aromatic rings. The minimum Gasteiger partial charge on any atom is -0.490 e. The molecule has 2 N–H and O–H groups in total. The number of aliphatic carboxylic acids is 1. The first-order valence-electron chi connectivity index (χ1n) is 10.6. The molecule has 7 heteroatoms. The van der Waals surface area contributed by atoms with Crippen LogP contribution in [0.4, 0.5) is 10.5 Å². The second-order valence-corrected chi connectivity index (χ2v) is 7.60. The Morgan fingerprint density at radius 3 is 2.45 bits per heavy atom. The third-order valence-corrected chi connectivity index (χ3v) is 5.64. The van der Waals surface area contributed by atoms with Crippen LogP contribution in [0.3, 0.4) is 0 Å². The molecule has 1 atom stereocenters. The van der Waals surface area contributed by atoms with Gasteiger partial charge in [-0.25, -0.2) is 4.79 Å². The predicted octanol–water partition coefficient (Wildman–Crippen LogP) is 4.71. The van der Waals surface area contributed by atoms with Gasteiger partial charge in [-0.1, -0.05) is 12.1 Å². The highest BCUT2D eigenvalue weighted by atomic mass is 16.5. The number of carboxylic acids is 1. The maximum atomic E-state index is 13.2. The minimum absolute atomic E-state index is 0.188. The Hall–Kier alpha value is -3.22. The number of carbonyl (C=O) groups is 2. The van der Waals surface area contributed by atoms with Gasteiger partial charge in [0.15, 0.2) is 11.5 Å². The minimum atomic E-state index is -0.964. The number of hydrogen-bond donors (Lipinski definition) is 2. The van der Waals surface area contributed by atoms with Crippen LogP contribution in [-0.4, -0.2) is 41.8 Å². The maximum absolute atomic E-state index is 13.2. The number of benzene rings is 2. The van der Waals surface area contributed by atoms with Crippen molar-refractivity contribution in [2.24, 2.45) is 0 Å². The second kappa shape index (κ2) is 9.73. The van der Waals surface area contributed by atoms with Crippen LogP contribution in [0, 0.1) is 13.8 Å². The predicted molar refractivity (Wildman–Crippen MR) is 119 cm³/mol. The summed E-state index contributed by atoms with van der Waals surface area (Å²) in [6.07, 6.45) is 0.422. The molecule has 0 aromatic heterocycles. The van der Waals surface area contributed by atoms with Gasteiger partial charge < -0.3 is 24.8 Å². The maximum Gasteiger partial charge on any atom is 0.322 e. The van der Waals surface area contributed by atoms with Gasteiger partial charge in [-0.15, -0.1) is 0 Å². The Bertz CT molecular complexity index is 973. The van der Waals surface area contributed by atoms with Gasteiger partial charge in [0, 0.05) is 12.2 Å². The third-order valence-electron chi connectivity index (χ3n) is 5.64. The zero-order valence-corrected chi connectivity index (χ0v) is 18.5. The Balaban J connectivity index is 1.96. The van der Waals surface area contributed by atoms with Crippen LogP contribution in [0.5, 0.6) is 11.5 Å². The molecule has 1 unspecified atom stereocenters. The van der Waals surface area contributed by atoms with Gasteiger partial charge in [0.2, 0.25) is 0 Å². The quantitative estimate of drug-likeness (QED) is 0.670. The molecule has 31 heavy (non-hydrogen) atoms. The summed E-state index contributed by atoms with van der Waals surface area (Å²) in [6.45, 7) is 9.10. The van der Waals surface area contributed by atoms with Crippen LogP contribution < -0.4 is 14.8 Å². The SMILES string of the molecule is CCOc1cc2c(cc1OCC)C(CC(=O)O)N(C(=O)Nc1cccc(C)c1C)CC2. The molecule has 0 radical (unpaired) electrons. The fraction of sp³-hybridized carbons (Fsp3) is 0.417. The van der Waals surface area contributed by atoms with Crippen LogP contribution in [0.25, 0.3) is 0 Å². The van der Waals surface area contributed by atoms with E-state index < -0.39 is 12.0 Å². The molecule has 0 spiro atoms. The van der Waals surface area contributed by atoms with Crippen molar-refractivity contribution in [1.29, 1.82) is 0 Å². The molecule has 3 rings (SSSR count). The molecule has 0 saturated heterocycles. The van der Waals surface area contributed by atoms with E-state index in [2.05, 4.69) is 5.32 Å². The number of nitrogens with one attached hydrogen (secondary N) is 1. The molecule has 166 valence electrons. The number of nitrogens with zero attached hydrogens (tertiary/aromatic N) is 1. The molecular formula is C24H30N2O5. The lowest BCUT2D eigenvalue weighted by atomic mass is 9.90. The van der Waals surface area contributed by atoms with Crippen molar-refractivity contribution >= 4 is 17.7 Å². The number of aryl methyl sites for hydroxylation is 1. The largest absolute Gasteiger partial charge is 0.490 e. The summed E-state index contributed by atoms with van der Waals surface area (Å²) in [6, 6.07) is 8.57. The van der Waals surface area contributed by atoms with Crippen LogP contribution in [0.2, 0.25) is 0 Å². The van der Waals surface area contributed by atoms with E-state index in [1.54, 1.807) is 4.90 Å². The summed E-state index contributed by atoms with van der Waals surface area (Å²) < 4.78 is 11.5. The van der Waals surface area contributed by atoms with Gasteiger partial charge in [-0.3, -0.25) is 4.79 Å². The fourth-order valence-electron chi connectivity index (χ4n) is 3.95. The average Bonchev–Trinajstić information content (AvgIpc) is 2.72. The number of carboxylic acid groups (broad SMARTS) is 1. The highest BCUT2D eigenvalue weighted by Gasteiger charge is 2.34. The monoisotopic (exact) mass is 426 g/mol. The Kier molecular flexibility index (Phi) is 7.05. The first-order valence-corrected chi connectivity index (χ1v) is 10.6. The Morgan fingerprint density at radius 1 is 1.13 bits per heavy atom. The van der Waals surface area contributed by atoms with Gasteiger partial charge in [-0.05, 0) is 74.6 Å². The van der Waals surface area contributed by atoms with E-state index in [0.717, 1.165) is 27.9 Å². The first-order chi connectivity index (χ1) is 14.8. The summed E-state index contributed by atoms with van der Waals surface area (Å²) in [7, 11) is 0. The highest BCUT2D eigenvalue weighted by molar-refractivity contribution is 5.91. The summed E-state index contributed by atoms with van der Waals surface area (Å²) >= 11 is 0. The number of rotatable bonds is 7. The molecule has 7 nitrogen and oxygen atoms in total. The molecule has 2 aromatic carbocycles. The molecule has 0 aliphatic carbocycles. The third kappa shape index (κ3) is 4.93. The molecule has 1 aliphatic rings. The smallest absolute Gasteiger partial charge is 0.322 e. The van der Waals surface area contributed by atoms with Gasteiger partial charge in [0.25, 0.3) is 0 Å². The normalized spacial score (nSPS) is 15.2. The Morgan fingerprint density at radius 2 is 1.81 bits per heavy atom. The van der Waals surface area contributed by atoms with Crippen LogP contribution in [0.15, 0.2) is 30.3 Å². The molecule has 2 amide bonds. The summed E-state index contributed by atoms with van der Waals surface area (Å²) in [5.41, 5.74) is 4.56. The number of fused-ring (bicyclic) bond motifs is 1. The number of urea groups is 1. The lowest BCUT2D eigenvalue weighted by Gasteiger charge is -2.37. The highest BCUT2D eigenvalue weighted by Crippen LogP contribution is 2.40. The molecule has 0 bridgehead atoms. The molecule has 1 heterocycles. The first kappa shape index (κ1) is 22.5. The van der Waals surface area contributed by atoms with Gasteiger partial charge >= 0.3 is 12.0 Å². The topological polar surface area (TPSA) is 88.1 Å². The lowest BCUT2D eigenvalue weighted by Crippen LogP contribution is -2.43. The molecule has 0 fully saturated rings. The van der Waals surface area contributed by atoms with Crippen molar-refractivity contribution in [2.75, 3.05) is 25.1 Å². The number of amides is 2. The number of anilines is 1. The summed E-state index contributed by atoms with van der Waals surface area (Å²) in [5.74, 6) is 0.245. The number of hydrogen-bond acceptors (Lipinski definition) is 4. The number of ether oxygens (including phenoxy) is 2. The van der Waals surface area contributed by atoms with Crippen LogP contribution in [-0.2, 0) is 11.2 Å². The van der Waals surface area contributed by atoms with Crippen LogP contribution >= 0.6 is 0 Å². The Labute approximate surface area is 183 Å². The standard InChI is InChI=1S/C24H30N2O5/c1-5-30-21-12-17-10-11-26(24(29)25-19-9-7-8-15(3)16(19)4)20(14-23(27)28)18(17)13-22(21)31-6-2/h7-9,12-13,20H,5-6,10-11,14H2,1-4H3,(H,25,29)(H,27,28).